The van der Waals surface area contributed by atoms with Gasteiger partial charge in [-0.3, -0.25) is 14.5 Å². The smallest absolute Gasteiger partial charge is 0.258 e. The van der Waals surface area contributed by atoms with Crippen LogP contribution in [0.25, 0.3) is 21.9 Å². The van der Waals surface area contributed by atoms with E-state index in [2.05, 4.69) is 17.1 Å². The number of rotatable bonds is 7. The summed E-state index contributed by atoms with van der Waals surface area (Å²) in [7, 11) is 0. The van der Waals surface area contributed by atoms with Crippen molar-refractivity contribution in [2.24, 2.45) is 11.1 Å². The molecule has 36 heavy (non-hydrogen) atoms. The number of aromatic nitrogens is 1. The third kappa shape index (κ3) is 5.07. The maximum Gasteiger partial charge on any atom is 0.258 e. The normalized spacial score (nSPS) is 15.8. The zero-order chi connectivity index (χ0) is 26.2. The Bertz CT molecular complexity index is 1360. The fourth-order valence-corrected chi connectivity index (χ4v) is 4.99. The highest BCUT2D eigenvalue weighted by Crippen LogP contribution is 2.33. The van der Waals surface area contributed by atoms with E-state index in [4.69, 9.17) is 5.73 Å². The summed E-state index contributed by atoms with van der Waals surface area (Å²) in [6.45, 7) is 11.7. The van der Waals surface area contributed by atoms with E-state index in [1.54, 1.807) is 17.6 Å². The van der Waals surface area contributed by atoms with Crippen molar-refractivity contribution >= 4 is 16.7 Å². The number of nitrogens with two attached hydrogens (primary N) is 1. The summed E-state index contributed by atoms with van der Waals surface area (Å²) in [5.41, 5.74) is 7.82. The molecule has 0 saturated carbocycles. The highest BCUT2D eigenvalue weighted by atomic mass is 19.1. The standard InChI is InChI=1S/C28H35FN4O3/c1-17-11-25(29)23(26(30)35)13-21(17)19-5-6-20-22(12-19)24(18(2)32-9-7-31-8-10-32)14-33(27(20)36)15-28(3,4)16-34/h5-6,11-14,18,31,34H,7-10,15-16H2,1-4H3,(H2,30,35). The third-order valence-corrected chi connectivity index (χ3v) is 7.18. The van der Waals surface area contributed by atoms with Gasteiger partial charge in [0.05, 0.1) is 5.56 Å². The third-order valence-electron chi connectivity index (χ3n) is 7.18. The fourth-order valence-electron chi connectivity index (χ4n) is 4.99. The van der Waals surface area contributed by atoms with Gasteiger partial charge in [-0.25, -0.2) is 4.39 Å². The van der Waals surface area contributed by atoms with Gasteiger partial charge in [0.1, 0.15) is 5.82 Å². The molecule has 2 aromatic carbocycles. The van der Waals surface area contributed by atoms with Crippen LogP contribution in [-0.4, -0.2) is 53.3 Å². The summed E-state index contributed by atoms with van der Waals surface area (Å²) >= 11 is 0. The lowest BCUT2D eigenvalue weighted by Gasteiger charge is -2.34. The lowest BCUT2D eigenvalue weighted by molar-refractivity contribution is 0.0996. The Labute approximate surface area is 210 Å². The number of pyridine rings is 1. The van der Waals surface area contributed by atoms with Gasteiger partial charge in [-0.1, -0.05) is 19.9 Å². The average Bonchev–Trinajstić information content (AvgIpc) is 2.85. The molecule has 7 nitrogen and oxygen atoms in total. The number of piperazine rings is 1. The predicted molar refractivity (Wildman–Crippen MR) is 141 cm³/mol. The summed E-state index contributed by atoms with van der Waals surface area (Å²) in [4.78, 5) is 27.7. The minimum Gasteiger partial charge on any atom is -0.396 e. The predicted octanol–water partition coefficient (Wildman–Crippen LogP) is 3.20. The Balaban J connectivity index is 1.93. The van der Waals surface area contributed by atoms with Gasteiger partial charge in [-0.05, 0) is 65.8 Å². The molecule has 0 aliphatic carbocycles. The van der Waals surface area contributed by atoms with Crippen molar-refractivity contribution in [3.8, 4) is 11.1 Å². The highest BCUT2D eigenvalue weighted by molar-refractivity contribution is 5.96. The van der Waals surface area contributed by atoms with Crippen LogP contribution in [0.4, 0.5) is 4.39 Å². The maximum absolute atomic E-state index is 14.3. The van der Waals surface area contributed by atoms with Gasteiger partial charge in [0.25, 0.3) is 11.5 Å². The summed E-state index contributed by atoms with van der Waals surface area (Å²) in [6.07, 6.45) is 1.92. The minimum absolute atomic E-state index is 0.0366. The van der Waals surface area contributed by atoms with E-state index < -0.39 is 17.1 Å². The Morgan fingerprint density at radius 2 is 1.89 bits per heavy atom. The van der Waals surface area contributed by atoms with E-state index in [1.165, 1.54) is 12.1 Å². The molecule has 2 heterocycles. The van der Waals surface area contributed by atoms with Crippen LogP contribution in [0.3, 0.4) is 0 Å². The van der Waals surface area contributed by atoms with Gasteiger partial charge < -0.3 is 20.7 Å². The zero-order valence-corrected chi connectivity index (χ0v) is 21.4. The molecule has 4 N–H and O–H groups in total. The number of fused-ring (bicyclic) bond motifs is 1. The van der Waals surface area contributed by atoms with Crippen molar-refractivity contribution in [2.45, 2.75) is 40.3 Å². The number of benzene rings is 2. The van der Waals surface area contributed by atoms with Gasteiger partial charge in [0.2, 0.25) is 0 Å². The lowest BCUT2D eigenvalue weighted by Crippen LogP contribution is -2.44. The molecule has 1 fully saturated rings. The summed E-state index contributed by atoms with van der Waals surface area (Å²) in [5.74, 6) is -1.47. The molecule has 0 bridgehead atoms. The maximum atomic E-state index is 14.3. The molecule has 1 aliphatic rings. The quantitative estimate of drug-likeness (QED) is 0.468. The van der Waals surface area contributed by atoms with Crippen LogP contribution in [0.5, 0.6) is 0 Å². The summed E-state index contributed by atoms with van der Waals surface area (Å²) < 4.78 is 16.0. The van der Waals surface area contributed by atoms with Crippen molar-refractivity contribution < 1.29 is 14.3 Å². The molecule has 1 aromatic heterocycles. The van der Waals surface area contributed by atoms with Crippen LogP contribution in [0, 0.1) is 18.2 Å². The van der Waals surface area contributed by atoms with Crippen molar-refractivity contribution in [1.82, 2.24) is 14.8 Å². The van der Waals surface area contributed by atoms with Gasteiger partial charge in [0, 0.05) is 62.4 Å². The number of hydrogen-bond acceptors (Lipinski definition) is 5. The minimum atomic E-state index is -0.822. The summed E-state index contributed by atoms with van der Waals surface area (Å²) in [5, 5.41) is 14.6. The topological polar surface area (TPSA) is 101 Å². The van der Waals surface area contributed by atoms with Crippen LogP contribution in [0.1, 0.15) is 48.3 Å². The number of aryl methyl sites for hydroxylation is 1. The second-order valence-electron chi connectivity index (χ2n) is 10.6. The van der Waals surface area contributed by atoms with E-state index in [-0.39, 0.29) is 23.8 Å². The fraction of sp³-hybridized carbons (Fsp3) is 0.429. The second-order valence-corrected chi connectivity index (χ2v) is 10.6. The number of aliphatic hydroxyl groups is 1. The van der Waals surface area contributed by atoms with Crippen LogP contribution in [0.2, 0.25) is 0 Å². The largest absolute Gasteiger partial charge is 0.396 e. The molecule has 8 heteroatoms. The number of carbonyl (C=O) groups excluding carboxylic acids is 1. The molecule has 1 atom stereocenters. The highest BCUT2D eigenvalue weighted by Gasteiger charge is 2.24. The van der Waals surface area contributed by atoms with Crippen molar-refractivity contribution in [1.29, 1.82) is 0 Å². The number of halogens is 1. The Morgan fingerprint density at radius 3 is 2.53 bits per heavy atom. The first-order chi connectivity index (χ1) is 17.0. The van der Waals surface area contributed by atoms with Crippen molar-refractivity contribution in [3.05, 3.63) is 69.4 Å². The molecule has 1 aliphatic heterocycles. The number of aliphatic hydroxyl groups excluding tert-OH is 1. The molecule has 1 amide bonds. The van der Waals surface area contributed by atoms with E-state index in [9.17, 15) is 19.1 Å². The van der Waals surface area contributed by atoms with Gasteiger partial charge >= 0.3 is 0 Å². The van der Waals surface area contributed by atoms with Gasteiger partial charge in [-0.2, -0.15) is 0 Å². The number of hydrogen-bond donors (Lipinski definition) is 3. The van der Waals surface area contributed by atoms with Gasteiger partial charge in [-0.15, -0.1) is 0 Å². The molecule has 0 radical (unpaired) electrons. The van der Waals surface area contributed by atoms with Crippen molar-refractivity contribution in [3.63, 3.8) is 0 Å². The monoisotopic (exact) mass is 494 g/mol. The van der Waals surface area contributed by atoms with Crippen LogP contribution in [0.15, 0.2) is 41.3 Å². The molecule has 1 saturated heterocycles. The molecule has 3 aromatic rings. The van der Waals surface area contributed by atoms with E-state index in [0.29, 0.717) is 23.1 Å². The van der Waals surface area contributed by atoms with E-state index in [1.807, 2.05) is 32.2 Å². The molecule has 192 valence electrons. The lowest BCUT2D eigenvalue weighted by atomic mass is 9.92. The van der Waals surface area contributed by atoms with E-state index in [0.717, 1.165) is 42.7 Å². The van der Waals surface area contributed by atoms with Crippen LogP contribution < -0.4 is 16.6 Å². The molecule has 0 spiro atoms. The first-order valence-electron chi connectivity index (χ1n) is 12.4. The first kappa shape index (κ1) is 26.0. The van der Waals surface area contributed by atoms with E-state index >= 15 is 0 Å². The molecular weight excluding hydrogens is 459 g/mol. The average molecular weight is 495 g/mol. The Kier molecular flexibility index (Phi) is 7.31. The SMILES string of the molecule is Cc1cc(F)c(C(N)=O)cc1-c1ccc2c(=O)n(CC(C)(C)CO)cc(C(C)N3CCNCC3)c2c1. The molecule has 4 rings (SSSR count). The number of carbonyl (C=O) groups is 1. The van der Waals surface area contributed by atoms with Crippen LogP contribution in [-0.2, 0) is 6.54 Å². The molecule has 1 unspecified atom stereocenters. The second kappa shape index (κ2) is 10.1. The van der Waals surface area contributed by atoms with Gasteiger partial charge in [0.15, 0.2) is 0 Å². The number of nitrogens with zero attached hydrogens (tertiary/aromatic N) is 2. The Hall–Kier alpha value is -3.07. The first-order valence-corrected chi connectivity index (χ1v) is 12.4. The zero-order valence-electron chi connectivity index (χ0n) is 21.4. The van der Waals surface area contributed by atoms with Crippen molar-refractivity contribution in [2.75, 3.05) is 32.8 Å². The molecular formula is C28H35FN4O3. The summed E-state index contributed by atoms with van der Waals surface area (Å²) in [6, 6.07) is 8.44. The number of amides is 1. The Morgan fingerprint density at radius 1 is 1.19 bits per heavy atom. The number of primary amides is 1. The van der Waals surface area contributed by atoms with Crippen LogP contribution >= 0.6 is 0 Å². The number of nitrogens with one attached hydrogen (secondary N) is 1.